The Hall–Kier alpha value is -0.780. The van der Waals surface area contributed by atoms with Crippen LogP contribution in [-0.4, -0.2) is 0 Å². The van der Waals surface area contributed by atoms with Gasteiger partial charge in [0.05, 0.1) is 0 Å². The molecule has 0 aliphatic heterocycles. The first kappa shape index (κ1) is 9.22. The Bertz CT molecular complexity index is 159. The zero-order valence-corrected chi connectivity index (χ0v) is 7.15. The average molecular weight is 136 g/mol. The van der Waals surface area contributed by atoms with Crippen molar-refractivity contribution in [2.75, 3.05) is 0 Å². The van der Waals surface area contributed by atoms with Gasteiger partial charge in [0.2, 0.25) is 0 Å². The second-order valence-corrected chi connectivity index (χ2v) is 2.61. The fourth-order valence-electron chi connectivity index (χ4n) is 0.783. The Morgan fingerprint density at radius 1 is 1.40 bits per heavy atom. The molecule has 0 atom stereocenters. The lowest BCUT2D eigenvalue weighted by Gasteiger charge is -1.93. The molecule has 0 fully saturated rings. The Morgan fingerprint density at radius 2 is 2.00 bits per heavy atom. The average Bonchev–Trinajstić information content (AvgIpc) is 1.82. The summed E-state index contributed by atoms with van der Waals surface area (Å²) in [5.41, 5.74) is 2.49. The molecule has 0 N–H and O–H groups in total. The minimum absolute atomic E-state index is 1.04. The molecule has 10 heavy (non-hydrogen) atoms. The quantitative estimate of drug-likeness (QED) is 0.411. The minimum Gasteiger partial charge on any atom is -0.0961 e. The third-order valence-electron chi connectivity index (χ3n) is 1.17. The van der Waals surface area contributed by atoms with Crippen LogP contribution in [0.15, 0.2) is 36.0 Å². The van der Waals surface area contributed by atoms with Crippen LogP contribution in [0.2, 0.25) is 0 Å². The third kappa shape index (κ3) is 5.36. The van der Waals surface area contributed by atoms with Crippen LogP contribution in [0.4, 0.5) is 0 Å². The maximum Gasteiger partial charge on any atom is -0.0138 e. The lowest BCUT2D eigenvalue weighted by atomic mass is 10.1. The van der Waals surface area contributed by atoms with E-state index in [1.165, 1.54) is 5.57 Å². The van der Waals surface area contributed by atoms with Gasteiger partial charge >= 0.3 is 0 Å². The van der Waals surface area contributed by atoms with Crippen molar-refractivity contribution in [1.82, 2.24) is 0 Å². The first-order valence-corrected chi connectivity index (χ1v) is 3.60. The SMILES string of the molecule is C=C(C)/C=C(/C)C/C=C\C. The van der Waals surface area contributed by atoms with Crippen LogP contribution >= 0.6 is 0 Å². The number of allylic oxidation sites excluding steroid dienone is 5. The lowest BCUT2D eigenvalue weighted by molar-refractivity contribution is 1.20. The molecule has 0 bridgehead atoms. The molecule has 0 aromatic heterocycles. The van der Waals surface area contributed by atoms with Gasteiger partial charge in [-0.2, -0.15) is 0 Å². The molecule has 0 aromatic rings. The first-order valence-electron chi connectivity index (χ1n) is 3.60. The zero-order chi connectivity index (χ0) is 7.98. The van der Waals surface area contributed by atoms with Crippen molar-refractivity contribution in [3.05, 3.63) is 36.0 Å². The summed E-state index contributed by atoms with van der Waals surface area (Å²) in [5, 5.41) is 0. The van der Waals surface area contributed by atoms with Crippen molar-refractivity contribution in [3.8, 4) is 0 Å². The summed E-state index contributed by atoms with van der Waals surface area (Å²) in [5.74, 6) is 0. The van der Waals surface area contributed by atoms with E-state index in [4.69, 9.17) is 0 Å². The van der Waals surface area contributed by atoms with Gasteiger partial charge in [0.1, 0.15) is 0 Å². The minimum atomic E-state index is 1.04. The number of hydrogen-bond donors (Lipinski definition) is 0. The standard InChI is InChI=1S/C10H16/c1-5-6-7-10(4)8-9(2)3/h5-6,8H,2,7H2,1,3-4H3/b6-5-,10-8-. The summed E-state index contributed by atoms with van der Waals surface area (Å²) in [4.78, 5) is 0. The van der Waals surface area contributed by atoms with Crippen LogP contribution in [0.3, 0.4) is 0 Å². The van der Waals surface area contributed by atoms with Gasteiger partial charge in [0.25, 0.3) is 0 Å². The molecular weight excluding hydrogens is 120 g/mol. The summed E-state index contributed by atoms with van der Waals surface area (Å²) in [6, 6.07) is 0. The molecule has 0 spiro atoms. The topological polar surface area (TPSA) is 0 Å². The molecule has 0 rings (SSSR count). The molecule has 0 heteroatoms. The van der Waals surface area contributed by atoms with Crippen LogP contribution in [0.5, 0.6) is 0 Å². The Kier molecular flexibility index (Phi) is 4.65. The largest absolute Gasteiger partial charge is 0.0961 e. The normalized spacial score (nSPS) is 12.5. The summed E-state index contributed by atoms with van der Waals surface area (Å²) < 4.78 is 0. The molecular formula is C10H16. The highest BCUT2D eigenvalue weighted by Gasteiger charge is 1.83. The third-order valence-corrected chi connectivity index (χ3v) is 1.17. The molecule has 0 unspecified atom stereocenters. The molecule has 0 aliphatic rings. The van der Waals surface area contributed by atoms with Gasteiger partial charge in [-0.1, -0.05) is 36.0 Å². The van der Waals surface area contributed by atoms with E-state index in [-0.39, 0.29) is 0 Å². The molecule has 0 aromatic carbocycles. The monoisotopic (exact) mass is 136 g/mol. The highest BCUT2D eigenvalue weighted by atomic mass is 13.9. The van der Waals surface area contributed by atoms with Gasteiger partial charge in [-0.3, -0.25) is 0 Å². The Morgan fingerprint density at radius 3 is 2.40 bits per heavy atom. The van der Waals surface area contributed by atoms with Crippen LogP contribution in [0.25, 0.3) is 0 Å². The Labute approximate surface area is 64.0 Å². The van der Waals surface area contributed by atoms with Crippen molar-refractivity contribution in [1.29, 1.82) is 0 Å². The van der Waals surface area contributed by atoms with Crippen LogP contribution < -0.4 is 0 Å². The maximum absolute atomic E-state index is 3.80. The highest BCUT2D eigenvalue weighted by Crippen LogP contribution is 2.04. The molecule has 0 saturated heterocycles. The second kappa shape index (κ2) is 5.04. The van der Waals surface area contributed by atoms with Crippen molar-refractivity contribution in [2.24, 2.45) is 0 Å². The highest BCUT2D eigenvalue weighted by molar-refractivity contribution is 5.18. The van der Waals surface area contributed by atoms with Crippen molar-refractivity contribution in [3.63, 3.8) is 0 Å². The molecule has 0 nitrogen and oxygen atoms in total. The first-order chi connectivity index (χ1) is 4.66. The van der Waals surface area contributed by atoms with Gasteiger partial charge < -0.3 is 0 Å². The van der Waals surface area contributed by atoms with Gasteiger partial charge in [-0.05, 0) is 27.2 Å². The summed E-state index contributed by atoms with van der Waals surface area (Å²) in [6.45, 7) is 9.97. The predicted octanol–water partition coefficient (Wildman–Crippen LogP) is 3.48. The van der Waals surface area contributed by atoms with Gasteiger partial charge in [-0.15, -0.1) is 0 Å². The molecule has 0 amide bonds. The van der Waals surface area contributed by atoms with E-state index in [0.29, 0.717) is 0 Å². The molecule has 0 saturated carbocycles. The van der Waals surface area contributed by atoms with E-state index in [1.807, 2.05) is 13.8 Å². The van der Waals surface area contributed by atoms with E-state index < -0.39 is 0 Å². The lowest BCUT2D eigenvalue weighted by Crippen LogP contribution is -1.73. The summed E-state index contributed by atoms with van der Waals surface area (Å²) in [7, 11) is 0. The van der Waals surface area contributed by atoms with Crippen LogP contribution in [-0.2, 0) is 0 Å². The van der Waals surface area contributed by atoms with E-state index in [1.54, 1.807) is 0 Å². The maximum atomic E-state index is 3.80. The van der Waals surface area contributed by atoms with Crippen molar-refractivity contribution in [2.45, 2.75) is 27.2 Å². The number of rotatable bonds is 3. The van der Waals surface area contributed by atoms with Gasteiger partial charge in [-0.25, -0.2) is 0 Å². The molecule has 56 valence electrons. The fourth-order valence-corrected chi connectivity index (χ4v) is 0.783. The molecule has 0 aliphatic carbocycles. The van der Waals surface area contributed by atoms with E-state index in [9.17, 15) is 0 Å². The fraction of sp³-hybridized carbons (Fsp3) is 0.400. The van der Waals surface area contributed by atoms with Crippen LogP contribution in [0.1, 0.15) is 27.2 Å². The smallest absolute Gasteiger partial charge is 0.0138 e. The second-order valence-electron chi connectivity index (χ2n) is 2.61. The van der Waals surface area contributed by atoms with E-state index >= 15 is 0 Å². The predicted molar refractivity (Wildman–Crippen MR) is 48.0 cm³/mol. The van der Waals surface area contributed by atoms with Crippen LogP contribution in [0, 0.1) is 0 Å². The van der Waals surface area contributed by atoms with Gasteiger partial charge in [0.15, 0.2) is 0 Å². The summed E-state index contributed by atoms with van der Waals surface area (Å²) >= 11 is 0. The van der Waals surface area contributed by atoms with Crippen molar-refractivity contribution < 1.29 is 0 Å². The van der Waals surface area contributed by atoms with E-state index in [2.05, 4.69) is 31.7 Å². The number of hydrogen-bond acceptors (Lipinski definition) is 0. The molecule has 0 heterocycles. The van der Waals surface area contributed by atoms with Gasteiger partial charge in [0, 0.05) is 0 Å². The molecule has 0 radical (unpaired) electrons. The van der Waals surface area contributed by atoms with E-state index in [0.717, 1.165) is 12.0 Å². The van der Waals surface area contributed by atoms with Crippen molar-refractivity contribution >= 4 is 0 Å². The zero-order valence-electron chi connectivity index (χ0n) is 7.15. The summed E-state index contributed by atoms with van der Waals surface area (Å²) in [6.07, 6.45) is 7.37. The Balaban J connectivity index is 3.82.